The highest BCUT2D eigenvalue weighted by Crippen LogP contribution is 2.44. The van der Waals surface area contributed by atoms with E-state index in [9.17, 15) is 4.79 Å². The molecule has 8 nitrogen and oxygen atoms in total. The first-order valence-electron chi connectivity index (χ1n) is 12.2. The Morgan fingerprint density at radius 2 is 1.89 bits per heavy atom. The normalized spacial score (nSPS) is 17.6. The van der Waals surface area contributed by atoms with Crippen molar-refractivity contribution in [3.8, 4) is 22.8 Å². The maximum Gasteiger partial charge on any atom is 0.243 e. The van der Waals surface area contributed by atoms with E-state index in [1.54, 1.807) is 0 Å². The highest BCUT2D eigenvalue weighted by molar-refractivity contribution is 6.02. The van der Waals surface area contributed by atoms with Crippen molar-refractivity contribution in [2.45, 2.75) is 44.6 Å². The molecule has 3 heterocycles. The van der Waals surface area contributed by atoms with Gasteiger partial charge in [0.1, 0.15) is 23.5 Å². The van der Waals surface area contributed by atoms with Gasteiger partial charge in [0.05, 0.1) is 5.39 Å². The molecule has 0 aliphatic heterocycles. The summed E-state index contributed by atoms with van der Waals surface area (Å²) in [7, 11) is 2.04. The molecule has 8 heteroatoms. The van der Waals surface area contributed by atoms with Crippen molar-refractivity contribution in [3.05, 3.63) is 72.8 Å². The molecule has 0 bridgehead atoms. The number of aromatic nitrogens is 4. The van der Waals surface area contributed by atoms with Gasteiger partial charge < -0.3 is 20.4 Å². The first kappa shape index (κ1) is 23.5. The average molecular weight is 483 g/mol. The zero-order valence-corrected chi connectivity index (χ0v) is 20.6. The van der Waals surface area contributed by atoms with E-state index in [-0.39, 0.29) is 11.9 Å². The van der Waals surface area contributed by atoms with Gasteiger partial charge in [-0.15, -0.1) is 0 Å². The lowest BCUT2D eigenvalue weighted by Gasteiger charge is -2.30. The van der Waals surface area contributed by atoms with Gasteiger partial charge in [0, 0.05) is 42.0 Å². The summed E-state index contributed by atoms with van der Waals surface area (Å²) in [6.45, 7) is 5.49. The zero-order chi connectivity index (χ0) is 25.2. The fourth-order valence-electron chi connectivity index (χ4n) is 5.22. The molecule has 1 fully saturated rings. The third-order valence-electron chi connectivity index (χ3n) is 6.92. The summed E-state index contributed by atoms with van der Waals surface area (Å²) >= 11 is 0. The van der Waals surface area contributed by atoms with Gasteiger partial charge in [-0.1, -0.05) is 24.8 Å². The van der Waals surface area contributed by atoms with E-state index in [1.807, 2.05) is 56.4 Å². The Balaban J connectivity index is 1.49. The molecule has 0 spiro atoms. The van der Waals surface area contributed by atoms with Crippen LogP contribution in [0.1, 0.15) is 43.0 Å². The number of nitrogens with zero attached hydrogens (tertiary/aromatic N) is 4. The third kappa shape index (κ3) is 4.54. The molecule has 0 atom stereocenters. The number of anilines is 1. The number of nitrogen functional groups attached to an aromatic ring is 1. The molecule has 1 aliphatic rings. The standard InChI is InChI=1S/C28H30N6O2/c1-4-22(35)33-20-12-8-19(9-13-20)26-24(25-27(29)30-16-31-28(25)34(26)3)18-10-14-21(15-11-18)36-23-7-5-6-17(2)32-23/h4-7,10-11,14-16,19-20H,1,8-9,12-13H2,2-3H3,(H,33,35)(H2,29,30,31). The lowest BCUT2D eigenvalue weighted by atomic mass is 9.81. The molecule has 36 heavy (non-hydrogen) atoms. The minimum Gasteiger partial charge on any atom is -0.439 e. The van der Waals surface area contributed by atoms with Crippen LogP contribution in [-0.2, 0) is 11.8 Å². The van der Waals surface area contributed by atoms with Crippen LogP contribution in [-0.4, -0.2) is 31.5 Å². The molecule has 1 saturated carbocycles. The summed E-state index contributed by atoms with van der Waals surface area (Å²) in [5.74, 6) is 1.93. The summed E-state index contributed by atoms with van der Waals surface area (Å²) in [6.07, 6.45) is 6.56. The average Bonchev–Trinajstić information content (AvgIpc) is 3.18. The lowest BCUT2D eigenvalue weighted by molar-refractivity contribution is -0.117. The van der Waals surface area contributed by atoms with Crippen molar-refractivity contribution < 1.29 is 9.53 Å². The van der Waals surface area contributed by atoms with Crippen LogP contribution in [0, 0.1) is 6.92 Å². The Morgan fingerprint density at radius 3 is 2.58 bits per heavy atom. The number of hydrogen-bond donors (Lipinski definition) is 2. The number of hydrogen-bond acceptors (Lipinski definition) is 6. The molecular formula is C28H30N6O2. The fourth-order valence-corrected chi connectivity index (χ4v) is 5.22. The summed E-state index contributed by atoms with van der Waals surface area (Å²) in [4.78, 5) is 25.0. The van der Waals surface area contributed by atoms with E-state index in [0.29, 0.717) is 23.4 Å². The van der Waals surface area contributed by atoms with E-state index in [1.165, 1.54) is 18.1 Å². The molecular weight excluding hydrogens is 452 g/mol. The van der Waals surface area contributed by atoms with Crippen molar-refractivity contribution in [3.63, 3.8) is 0 Å². The van der Waals surface area contributed by atoms with Crippen molar-refractivity contribution in [2.24, 2.45) is 7.05 Å². The molecule has 3 aromatic heterocycles. The number of carbonyl (C=O) groups is 1. The zero-order valence-electron chi connectivity index (χ0n) is 20.6. The number of rotatable bonds is 6. The van der Waals surface area contributed by atoms with E-state index in [4.69, 9.17) is 10.5 Å². The third-order valence-corrected chi connectivity index (χ3v) is 6.92. The summed E-state index contributed by atoms with van der Waals surface area (Å²) in [5, 5.41) is 3.91. The van der Waals surface area contributed by atoms with Crippen LogP contribution in [0.2, 0.25) is 0 Å². The molecule has 0 unspecified atom stereocenters. The summed E-state index contributed by atoms with van der Waals surface area (Å²) < 4.78 is 8.11. The Bertz CT molecular complexity index is 1420. The SMILES string of the molecule is C=CC(=O)NC1CCC(c2c(-c3ccc(Oc4cccc(C)n4)cc3)c3c(N)ncnc3n2C)CC1. The highest BCUT2D eigenvalue weighted by atomic mass is 16.5. The predicted molar refractivity (Wildman–Crippen MR) is 141 cm³/mol. The monoisotopic (exact) mass is 482 g/mol. The molecule has 184 valence electrons. The lowest BCUT2D eigenvalue weighted by Crippen LogP contribution is -2.36. The van der Waals surface area contributed by atoms with Gasteiger partial charge in [-0.05, 0) is 62.4 Å². The molecule has 1 aliphatic carbocycles. The van der Waals surface area contributed by atoms with Gasteiger partial charge in [-0.25, -0.2) is 15.0 Å². The van der Waals surface area contributed by atoms with Crippen LogP contribution in [0.3, 0.4) is 0 Å². The van der Waals surface area contributed by atoms with Gasteiger partial charge in [0.25, 0.3) is 0 Å². The van der Waals surface area contributed by atoms with Crippen molar-refractivity contribution in [1.29, 1.82) is 0 Å². The Morgan fingerprint density at radius 1 is 1.14 bits per heavy atom. The molecule has 3 N–H and O–H groups in total. The van der Waals surface area contributed by atoms with Crippen LogP contribution in [0.4, 0.5) is 5.82 Å². The largest absolute Gasteiger partial charge is 0.439 e. The van der Waals surface area contributed by atoms with Crippen LogP contribution in [0.25, 0.3) is 22.2 Å². The molecule has 0 radical (unpaired) electrons. The van der Waals surface area contributed by atoms with Crippen molar-refractivity contribution in [1.82, 2.24) is 24.8 Å². The van der Waals surface area contributed by atoms with E-state index < -0.39 is 0 Å². The van der Waals surface area contributed by atoms with E-state index >= 15 is 0 Å². The van der Waals surface area contributed by atoms with Crippen molar-refractivity contribution in [2.75, 3.05) is 5.73 Å². The Kier molecular flexibility index (Phi) is 6.41. The van der Waals surface area contributed by atoms with Gasteiger partial charge in [0.15, 0.2) is 0 Å². The number of carbonyl (C=O) groups excluding carboxylic acids is 1. The smallest absolute Gasteiger partial charge is 0.243 e. The molecule has 4 aromatic rings. The minimum absolute atomic E-state index is 0.116. The number of benzene rings is 1. The molecule has 0 saturated heterocycles. The number of aryl methyl sites for hydroxylation is 2. The number of nitrogens with two attached hydrogens (primary N) is 1. The van der Waals surface area contributed by atoms with Crippen LogP contribution in [0.5, 0.6) is 11.6 Å². The molecule has 1 amide bonds. The first-order chi connectivity index (χ1) is 17.4. The van der Waals surface area contributed by atoms with Gasteiger partial charge in [-0.2, -0.15) is 0 Å². The van der Waals surface area contributed by atoms with Crippen LogP contribution < -0.4 is 15.8 Å². The number of pyridine rings is 1. The first-order valence-corrected chi connectivity index (χ1v) is 12.2. The Labute approximate surface area is 210 Å². The van der Waals surface area contributed by atoms with Gasteiger partial charge in [0.2, 0.25) is 11.8 Å². The summed E-state index contributed by atoms with van der Waals surface area (Å²) in [5.41, 5.74) is 11.4. The highest BCUT2D eigenvalue weighted by Gasteiger charge is 2.30. The van der Waals surface area contributed by atoms with E-state index in [2.05, 4.69) is 31.4 Å². The number of ether oxygens (including phenoxy) is 1. The second kappa shape index (κ2) is 9.81. The number of amides is 1. The van der Waals surface area contributed by atoms with Crippen LogP contribution >= 0.6 is 0 Å². The number of nitrogens with one attached hydrogen (secondary N) is 1. The van der Waals surface area contributed by atoms with E-state index in [0.717, 1.165) is 53.5 Å². The van der Waals surface area contributed by atoms with Crippen molar-refractivity contribution >= 4 is 22.8 Å². The maximum atomic E-state index is 11.8. The molecule has 5 rings (SSSR count). The predicted octanol–water partition coefficient (Wildman–Crippen LogP) is 5.04. The summed E-state index contributed by atoms with van der Waals surface area (Å²) in [6, 6.07) is 13.9. The maximum absolute atomic E-state index is 11.8. The van der Waals surface area contributed by atoms with Gasteiger partial charge >= 0.3 is 0 Å². The molecule has 1 aromatic carbocycles. The fraction of sp³-hybridized carbons (Fsp3) is 0.286. The Hall–Kier alpha value is -4.20. The quantitative estimate of drug-likeness (QED) is 0.373. The van der Waals surface area contributed by atoms with Gasteiger partial charge in [-0.3, -0.25) is 4.79 Å². The topological polar surface area (TPSA) is 108 Å². The minimum atomic E-state index is -0.116. The second-order valence-electron chi connectivity index (χ2n) is 9.28. The van der Waals surface area contributed by atoms with Crippen LogP contribution in [0.15, 0.2) is 61.4 Å². The second-order valence-corrected chi connectivity index (χ2v) is 9.28. The number of fused-ring (bicyclic) bond motifs is 1.